The summed E-state index contributed by atoms with van der Waals surface area (Å²) in [5.74, 6) is -0.541. The molecular formula is C17H15FN2O. The van der Waals surface area contributed by atoms with E-state index in [1.807, 2.05) is 41.8 Å². The molecule has 0 atom stereocenters. The highest BCUT2D eigenvalue weighted by Crippen LogP contribution is 2.19. The number of rotatable bonds is 3. The van der Waals surface area contributed by atoms with E-state index < -0.39 is 0 Å². The maximum absolute atomic E-state index is 13.1. The number of aryl methyl sites for hydroxylation is 1. The van der Waals surface area contributed by atoms with Crippen molar-refractivity contribution in [1.82, 2.24) is 4.57 Å². The Morgan fingerprint density at radius 3 is 2.76 bits per heavy atom. The molecule has 4 heteroatoms. The number of hydrogen-bond acceptors (Lipinski definition) is 1. The number of halogens is 1. The molecule has 21 heavy (non-hydrogen) atoms. The van der Waals surface area contributed by atoms with Crippen LogP contribution in [0.15, 0.2) is 54.6 Å². The second-order valence-corrected chi connectivity index (χ2v) is 4.99. The molecule has 1 heterocycles. The van der Waals surface area contributed by atoms with Gasteiger partial charge in [0.15, 0.2) is 0 Å². The topological polar surface area (TPSA) is 34.0 Å². The van der Waals surface area contributed by atoms with Gasteiger partial charge in [0.1, 0.15) is 12.4 Å². The molecule has 2 aromatic carbocycles. The van der Waals surface area contributed by atoms with E-state index in [4.69, 9.17) is 0 Å². The van der Waals surface area contributed by atoms with Crippen molar-refractivity contribution >= 4 is 22.5 Å². The molecule has 0 unspecified atom stereocenters. The van der Waals surface area contributed by atoms with Crippen molar-refractivity contribution in [3.8, 4) is 0 Å². The number of fused-ring (bicyclic) bond motifs is 1. The van der Waals surface area contributed by atoms with Crippen LogP contribution in [-0.4, -0.2) is 10.5 Å². The lowest BCUT2D eigenvalue weighted by molar-refractivity contribution is -0.116. The minimum Gasteiger partial charge on any atom is -0.335 e. The van der Waals surface area contributed by atoms with Crippen LogP contribution in [0.25, 0.3) is 10.9 Å². The van der Waals surface area contributed by atoms with E-state index in [1.165, 1.54) is 12.1 Å². The first kappa shape index (κ1) is 13.4. The summed E-state index contributed by atoms with van der Waals surface area (Å²) in [6.45, 7) is 2.17. The van der Waals surface area contributed by atoms with Crippen molar-refractivity contribution in [2.24, 2.45) is 0 Å². The molecule has 0 aliphatic heterocycles. The minimum absolute atomic E-state index is 0.176. The highest BCUT2D eigenvalue weighted by molar-refractivity contribution is 5.92. The summed E-state index contributed by atoms with van der Waals surface area (Å²) in [5, 5.41) is 3.82. The highest BCUT2D eigenvalue weighted by Gasteiger charge is 2.09. The Hall–Kier alpha value is -2.62. The molecule has 3 rings (SSSR count). The van der Waals surface area contributed by atoms with Crippen LogP contribution < -0.4 is 5.32 Å². The number of amides is 1. The number of hydrogen-bond donors (Lipinski definition) is 1. The third kappa shape index (κ3) is 2.79. The first-order valence-corrected chi connectivity index (χ1v) is 6.74. The number of carbonyl (C=O) groups is 1. The normalized spacial score (nSPS) is 10.8. The molecule has 0 aliphatic carbocycles. The van der Waals surface area contributed by atoms with Gasteiger partial charge in [-0.05, 0) is 42.6 Å². The van der Waals surface area contributed by atoms with Crippen LogP contribution >= 0.6 is 0 Å². The highest BCUT2D eigenvalue weighted by atomic mass is 19.1. The second-order valence-electron chi connectivity index (χ2n) is 4.99. The monoisotopic (exact) mass is 282 g/mol. The van der Waals surface area contributed by atoms with Crippen LogP contribution in [-0.2, 0) is 11.3 Å². The Morgan fingerprint density at radius 2 is 1.95 bits per heavy atom. The van der Waals surface area contributed by atoms with Crippen molar-refractivity contribution in [3.05, 3.63) is 66.1 Å². The van der Waals surface area contributed by atoms with E-state index in [9.17, 15) is 9.18 Å². The molecule has 0 aliphatic rings. The maximum Gasteiger partial charge on any atom is 0.244 e. The van der Waals surface area contributed by atoms with Gasteiger partial charge in [-0.3, -0.25) is 4.79 Å². The van der Waals surface area contributed by atoms with Crippen LogP contribution in [0.5, 0.6) is 0 Å². The average molecular weight is 282 g/mol. The molecule has 1 amide bonds. The Morgan fingerprint density at radius 1 is 1.14 bits per heavy atom. The second kappa shape index (κ2) is 5.40. The van der Waals surface area contributed by atoms with E-state index in [0.717, 1.165) is 16.6 Å². The quantitative estimate of drug-likeness (QED) is 0.780. The predicted molar refractivity (Wildman–Crippen MR) is 81.7 cm³/mol. The van der Waals surface area contributed by atoms with Gasteiger partial charge in [-0.15, -0.1) is 0 Å². The Bertz CT molecular complexity index is 807. The summed E-state index contributed by atoms with van der Waals surface area (Å²) in [7, 11) is 0. The molecule has 0 saturated carbocycles. The molecule has 0 saturated heterocycles. The van der Waals surface area contributed by atoms with E-state index in [1.54, 1.807) is 12.1 Å². The van der Waals surface area contributed by atoms with Gasteiger partial charge >= 0.3 is 0 Å². The summed E-state index contributed by atoms with van der Waals surface area (Å²) < 4.78 is 15.1. The molecule has 3 aromatic rings. The molecule has 0 spiro atoms. The molecule has 0 bridgehead atoms. The van der Waals surface area contributed by atoms with Crippen molar-refractivity contribution in [1.29, 1.82) is 0 Å². The van der Waals surface area contributed by atoms with Crippen LogP contribution in [0.4, 0.5) is 10.1 Å². The standard InChI is InChI=1S/C17H15FN2O/c1-12-9-13-5-2-3-8-16(13)20(12)11-17(21)19-15-7-4-6-14(18)10-15/h2-10H,11H2,1H3,(H,19,21). The summed E-state index contributed by atoms with van der Waals surface area (Å²) in [5.41, 5.74) is 2.50. The van der Waals surface area contributed by atoms with E-state index in [-0.39, 0.29) is 18.3 Å². The molecule has 1 N–H and O–H groups in total. The lowest BCUT2D eigenvalue weighted by Gasteiger charge is -2.09. The number of aromatic nitrogens is 1. The van der Waals surface area contributed by atoms with Crippen LogP contribution in [0.1, 0.15) is 5.69 Å². The Balaban J connectivity index is 1.82. The number of anilines is 1. The molecule has 3 nitrogen and oxygen atoms in total. The number of carbonyl (C=O) groups excluding carboxylic acids is 1. The van der Waals surface area contributed by atoms with Gasteiger partial charge in [-0.25, -0.2) is 4.39 Å². The van der Waals surface area contributed by atoms with Crippen LogP contribution in [0.3, 0.4) is 0 Å². The molecule has 0 radical (unpaired) electrons. The maximum atomic E-state index is 13.1. The number of benzene rings is 2. The van der Waals surface area contributed by atoms with Crippen molar-refractivity contribution in [3.63, 3.8) is 0 Å². The van der Waals surface area contributed by atoms with Gasteiger partial charge < -0.3 is 9.88 Å². The number of nitrogens with zero attached hydrogens (tertiary/aromatic N) is 1. The zero-order chi connectivity index (χ0) is 14.8. The van der Waals surface area contributed by atoms with E-state index in [0.29, 0.717) is 5.69 Å². The first-order valence-electron chi connectivity index (χ1n) is 6.74. The third-order valence-electron chi connectivity index (χ3n) is 3.43. The van der Waals surface area contributed by atoms with Crippen molar-refractivity contribution in [2.75, 3.05) is 5.32 Å². The number of nitrogens with one attached hydrogen (secondary N) is 1. The van der Waals surface area contributed by atoms with Crippen molar-refractivity contribution < 1.29 is 9.18 Å². The number of para-hydroxylation sites is 1. The van der Waals surface area contributed by atoms with Crippen LogP contribution in [0.2, 0.25) is 0 Å². The Kier molecular flexibility index (Phi) is 3.44. The van der Waals surface area contributed by atoms with Gasteiger partial charge in [-0.2, -0.15) is 0 Å². The van der Waals surface area contributed by atoms with Crippen LogP contribution in [0, 0.1) is 12.7 Å². The first-order chi connectivity index (χ1) is 10.1. The smallest absolute Gasteiger partial charge is 0.244 e. The molecule has 106 valence electrons. The third-order valence-corrected chi connectivity index (χ3v) is 3.43. The fourth-order valence-electron chi connectivity index (χ4n) is 2.47. The fraction of sp³-hybridized carbons (Fsp3) is 0.118. The summed E-state index contributed by atoms with van der Waals surface area (Å²) in [6, 6.07) is 15.9. The molecule has 0 fully saturated rings. The van der Waals surface area contributed by atoms with Crippen molar-refractivity contribution in [2.45, 2.75) is 13.5 Å². The zero-order valence-electron chi connectivity index (χ0n) is 11.6. The summed E-state index contributed by atoms with van der Waals surface area (Å²) in [4.78, 5) is 12.1. The van der Waals surface area contributed by atoms with Gasteiger partial charge in [0.25, 0.3) is 0 Å². The zero-order valence-corrected chi connectivity index (χ0v) is 11.6. The lowest BCUT2D eigenvalue weighted by Crippen LogP contribution is -2.19. The van der Waals surface area contributed by atoms with Gasteiger partial charge in [-0.1, -0.05) is 24.3 Å². The molecule has 1 aromatic heterocycles. The van der Waals surface area contributed by atoms with Gasteiger partial charge in [0.2, 0.25) is 5.91 Å². The average Bonchev–Trinajstić information content (AvgIpc) is 2.75. The lowest BCUT2D eigenvalue weighted by atomic mass is 10.2. The van der Waals surface area contributed by atoms with Gasteiger partial charge in [0.05, 0.1) is 0 Å². The summed E-state index contributed by atoms with van der Waals surface area (Å²) in [6.07, 6.45) is 0. The summed E-state index contributed by atoms with van der Waals surface area (Å²) >= 11 is 0. The molecular weight excluding hydrogens is 267 g/mol. The van der Waals surface area contributed by atoms with Gasteiger partial charge in [0, 0.05) is 16.9 Å². The largest absolute Gasteiger partial charge is 0.335 e. The SMILES string of the molecule is Cc1cc2ccccc2n1CC(=O)Nc1cccc(F)c1. The minimum atomic E-state index is -0.365. The predicted octanol–water partition coefficient (Wildman–Crippen LogP) is 3.73. The fourth-order valence-corrected chi connectivity index (χ4v) is 2.47. The van der Waals surface area contributed by atoms with E-state index in [2.05, 4.69) is 5.32 Å². The van der Waals surface area contributed by atoms with E-state index >= 15 is 0 Å². The Labute approximate surface area is 122 Å².